The van der Waals surface area contributed by atoms with Gasteiger partial charge in [0.1, 0.15) is 12.4 Å². The van der Waals surface area contributed by atoms with Crippen molar-refractivity contribution >= 4 is 28.6 Å². The van der Waals surface area contributed by atoms with Gasteiger partial charge in [-0.2, -0.15) is 13.8 Å². The van der Waals surface area contributed by atoms with Crippen LogP contribution in [0.5, 0.6) is 11.6 Å². The molecule has 0 radical (unpaired) electrons. The average molecular weight is 492 g/mol. The van der Waals surface area contributed by atoms with Crippen LogP contribution in [-0.2, 0) is 10.3 Å². The maximum absolute atomic E-state index is 14.2. The summed E-state index contributed by atoms with van der Waals surface area (Å²) in [5.41, 5.74) is 6.87. The van der Waals surface area contributed by atoms with Crippen LogP contribution >= 0.6 is 22.6 Å². The van der Waals surface area contributed by atoms with Crippen LogP contribution in [0.3, 0.4) is 0 Å². The first-order chi connectivity index (χ1) is 13.5. The third kappa shape index (κ3) is 2.45. The van der Waals surface area contributed by atoms with E-state index in [9.17, 15) is 8.78 Å². The zero-order valence-corrected chi connectivity index (χ0v) is 16.3. The molecular weight excluding hydrogens is 481 g/mol. The van der Waals surface area contributed by atoms with Crippen LogP contribution in [-0.4, -0.2) is 22.6 Å². The summed E-state index contributed by atoms with van der Waals surface area (Å²) in [5, 5.41) is 0. The molecular formula is C19H11F2IN4O2. The third-order valence-electron chi connectivity index (χ3n) is 4.78. The molecule has 0 bridgehead atoms. The fourth-order valence-corrected chi connectivity index (χ4v) is 3.92. The number of benzene rings is 1. The SMILES string of the molecule is NC1=NC2(CO1)c1cc(-c3cccnc3F)ccc1Oc1nc(F)c(I)cc12. The van der Waals surface area contributed by atoms with Crippen molar-refractivity contribution in [2.75, 3.05) is 6.61 Å². The molecule has 6 nitrogen and oxygen atoms in total. The first kappa shape index (κ1) is 17.3. The number of ether oxygens (including phenoxy) is 2. The topological polar surface area (TPSA) is 82.6 Å². The minimum absolute atomic E-state index is 0.0103. The zero-order chi connectivity index (χ0) is 19.5. The molecule has 1 spiro atoms. The quantitative estimate of drug-likeness (QED) is 0.414. The number of hydrogen-bond donors (Lipinski definition) is 1. The molecule has 140 valence electrons. The predicted octanol–water partition coefficient (Wildman–Crippen LogP) is 3.72. The molecule has 0 saturated carbocycles. The molecule has 0 aliphatic carbocycles. The van der Waals surface area contributed by atoms with Crippen molar-refractivity contribution in [3.05, 3.63) is 69.2 Å². The van der Waals surface area contributed by atoms with E-state index in [0.29, 0.717) is 31.6 Å². The molecule has 5 rings (SSSR count). The number of hydrogen-bond acceptors (Lipinski definition) is 6. The molecule has 0 amide bonds. The Morgan fingerprint density at radius 2 is 1.96 bits per heavy atom. The molecule has 9 heteroatoms. The van der Waals surface area contributed by atoms with Crippen molar-refractivity contribution in [1.29, 1.82) is 0 Å². The van der Waals surface area contributed by atoms with E-state index in [1.807, 2.05) is 22.6 Å². The second kappa shape index (κ2) is 6.09. The Balaban J connectivity index is 1.77. The highest BCUT2D eigenvalue weighted by molar-refractivity contribution is 14.1. The molecule has 1 atom stereocenters. The van der Waals surface area contributed by atoms with Crippen molar-refractivity contribution < 1.29 is 18.3 Å². The average Bonchev–Trinajstić information content (AvgIpc) is 3.07. The monoisotopic (exact) mass is 492 g/mol. The van der Waals surface area contributed by atoms with E-state index in [2.05, 4.69) is 15.0 Å². The number of aliphatic imine (C=N–C) groups is 1. The summed E-state index contributed by atoms with van der Waals surface area (Å²) in [7, 11) is 0. The number of halogens is 3. The highest BCUT2D eigenvalue weighted by atomic mass is 127. The molecule has 2 N–H and O–H groups in total. The second-order valence-corrected chi connectivity index (χ2v) is 7.53. The van der Waals surface area contributed by atoms with Crippen molar-refractivity contribution in [3.63, 3.8) is 0 Å². The van der Waals surface area contributed by atoms with Crippen LogP contribution < -0.4 is 10.5 Å². The van der Waals surface area contributed by atoms with Gasteiger partial charge in [0, 0.05) is 17.3 Å². The maximum Gasteiger partial charge on any atom is 0.283 e. The van der Waals surface area contributed by atoms with Gasteiger partial charge in [0.2, 0.25) is 17.8 Å². The van der Waals surface area contributed by atoms with E-state index in [1.165, 1.54) is 6.20 Å². The van der Waals surface area contributed by atoms with Crippen molar-refractivity contribution in [1.82, 2.24) is 9.97 Å². The number of amidine groups is 1. The van der Waals surface area contributed by atoms with Crippen molar-refractivity contribution in [3.8, 4) is 22.8 Å². The molecule has 0 fully saturated rings. The lowest BCUT2D eigenvalue weighted by Crippen LogP contribution is -2.32. The molecule has 1 aromatic carbocycles. The third-order valence-corrected chi connectivity index (χ3v) is 5.53. The summed E-state index contributed by atoms with van der Waals surface area (Å²) < 4.78 is 39.8. The fourth-order valence-electron chi connectivity index (χ4n) is 3.49. The number of fused-ring (bicyclic) bond motifs is 4. The van der Waals surface area contributed by atoms with Gasteiger partial charge >= 0.3 is 0 Å². The summed E-state index contributed by atoms with van der Waals surface area (Å²) in [5.74, 6) is -0.691. The number of pyridine rings is 2. The molecule has 2 aromatic heterocycles. The molecule has 0 saturated heterocycles. The van der Waals surface area contributed by atoms with E-state index in [-0.39, 0.29) is 18.5 Å². The van der Waals surface area contributed by atoms with Gasteiger partial charge < -0.3 is 15.2 Å². The zero-order valence-electron chi connectivity index (χ0n) is 14.1. The molecule has 1 unspecified atom stereocenters. The van der Waals surface area contributed by atoms with Gasteiger partial charge in [0.15, 0.2) is 5.54 Å². The Morgan fingerprint density at radius 3 is 2.71 bits per heavy atom. The maximum atomic E-state index is 14.2. The summed E-state index contributed by atoms with van der Waals surface area (Å²) in [4.78, 5) is 12.1. The fraction of sp³-hybridized carbons (Fsp3) is 0.105. The van der Waals surface area contributed by atoms with Crippen molar-refractivity contribution in [2.24, 2.45) is 10.7 Å². The van der Waals surface area contributed by atoms with Gasteiger partial charge in [-0.05, 0) is 58.5 Å². The first-order valence-electron chi connectivity index (χ1n) is 8.26. The van der Waals surface area contributed by atoms with E-state index >= 15 is 0 Å². The Labute approximate surface area is 171 Å². The summed E-state index contributed by atoms with van der Waals surface area (Å²) >= 11 is 1.85. The number of aromatic nitrogens is 2. The molecule has 2 aliphatic rings. The highest BCUT2D eigenvalue weighted by Gasteiger charge is 2.48. The molecule has 4 heterocycles. The lowest BCUT2D eigenvalue weighted by molar-refractivity contribution is 0.261. The predicted molar refractivity (Wildman–Crippen MR) is 105 cm³/mol. The van der Waals surface area contributed by atoms with Crippen LogP contribution in [0.2, 0.25) is 0 Å². The Kier molecular flexibility index (Phi) is 3.76. The summed E-state index contributed by atoms with van der Waals surface area (Å²) in [6.45, 7) is 0.102. The summed E-state index contributed by atoms with van der Waals surface area (Å²) in [6.07, 6.45) is 1.38. The number of nitrogens with zero attached hydrogens (tertiary/aromatic N) is 3. The first-order valence-corrected chi connectivity index (χ1v) is 9.34. The van der Waals surface area contributed by atoms with Gasteiger partial charge in [-0.25, -0.2) is 9.98 Å². The lowest BCUT2D eigenvalue weighted by Gasteiger charge is -2.33. The van der Waals surface area contributed by atoms with Crippen LogP contribution in [0.25, 0.3) is 11.1 Å². The molecule has 28 heavy (non-hydrogen) atoms. The normalized spacial score (nSPS) is 19.5. The van der Waals surface area contributed by atoms with E-state index < -0.39 is 17.4 Å². The van der Waals surface area contributed by atoms with Gasteiger partial charge in [-0.1, -0.05) is 6.07 Å². The second-order valence-electron chi connectivity index (χ2n) is 6.37. The Hall–Kier alpha value is -2.82. The number of nitrogens with two attached hydrogens (primary N) is 1. The minimum Gasteiger partial charge on any atom is -0.462 e. The lowest BCUT2D eigenvalue weighted by atomic mass is 9.81. The summed E-state index contributed by atoms with van der Waals surface area (Å²) in [6, 6.07) is 10.0. The van der Waals surface area contributed by atoms with Gasteiger partial charge in [-0.15, -0.1) is 0 Å². The minimum atomic E-state index is -1.05. The van der Waals surface area contributed by atoms with Gasteiger partial charge in [-0.3, -0.25) is 0 Å². The Bertz CT molecular complexity index is 1170. The molecule has 3 aromatic rings. The van der Waals surface area contributed by atoms with E-state index in [1.54, 1.807) is 36.4 Å². The highest BCUT2D eigenvalue weighted by Crippen LogP contribution is 2.51. The van der Waals surface area contributed by atoms with Crippen LogP contribution in [0, 0.1) is 15.5 Å². The van der Waals surface area contributed by atoms with Crippen molar-refractivity contribution in [2.45, 2.75) is 5.54 Å². The van der Waals surface area contributed by atoms with Crippen LogP contribution in [0.4, 0.5) is 8.78 Å². The van der Waals surface area contributed by atoms with Gasteiger partial charge in [0.05, 0.1) is 9.13 Å². The van der Waals surface area contributed by atoms with Crippen LogP contribution in [0.15, 0.2) is 47.6 Å². The van der Waals surface area contributed by atoms with E-state index in [4.69, 9.17) is 15.2 Å². The molecule has 2 aliphatic heterocycles. The van der Waals surface area contributed by atoms with Crippen LogP contribution in [0.1, 0.15) is 11.1 Å². The van der Waals surface area contributed by atoms with E-state index in [0.717, 1.165) is 0 Å². The largest absolute Gasteiger partial charge is 0.462 e. The standard InChI is InChI=1S/C19H11F2IN4O2/c20-15-10(2-1-5-24-15)9-3-4-14-11(6-9)19(8-27-18(23)26-19)12-7-13(22)16(21)25-17(12)28-14/h1-7H,8H2,(H2,23,26). The Morgan fingerprint density at radius 1 is 1.11 bits per heavy atom. The number of rotatable bonds is 1. The smallest absolute Gasteiger partial charge is 0.283 e. The van der Waals surface area contributed by atoms with Gasteiger partial charge in [0.25, 0.3) is 6.02 Å².